The number of carbonyl (C=O) groups is 1. The number of aryl methyl sites for hydroxylation is 1. The van der Waals surface area contributed by atoms with Gasteiger partial charge in [0, 0.05) is 18.0 Å². The first-order valence-electron chi connectivity index (χ1n) is 5.68. The molecule has 0 atom stereocenters. The van der Waals surface area contributed by atoms with Crippen molar-refractivity contribution in [1.29, 1.82) is 0 Å². The minimum atomic E-state index is -4.03. The van der Waals surface area contributed by atoms with Gasteiger partial charge in [-0.1, -0.05) is 6.07 Å². The average molecular weight is 333 g/mol. The number of anilines is 1. The molecule has 1 aromatic rings. The van der Waals surface area contributed by atoms with Crippen LogP contribution in [0.15, 0.2) is 24.3 Å². The Kier molecular flexibility index (Phi) is 5.13. The van der Waals surface area contributed by atoms with Crippen LogP contribution >= 0.6 is 0 Å². The summed E-state index contributed by atoms with van der Waals surface area (Å²) >= 11 is 0. The Morgan fingerprint density at radius 1 is 1.29 bits per heavy atom. The van der Waals surface area contributed by atoms with Crippen LogP contribution in [0.25, 0.3) is 6.08 Å². The third-order valence-corrected chi connectivity index (χ3v) is 5.83. The zero-order chi connectivity index (χ0) is 16.3. The summed E-state index contributed by atoms with van der Waals surface area (Å²) in [5.74, 6) is -1.13. The fourth-order valence-corrected chi connectivity index (χ4v) is 4.51. The van der Waals surface area contributed by atoms with Gasteiger partial charge in [-0.15, -0.1) is 0 Å². The highest BCUT2D eigenvalue weighted by molar-refractivity contribution is 8.08. The van der Waals surface area contributed by atoms with Crippen LogP contribution < -0.4 is 4.72 Å². The Bertz CT molecular complexity index is 778. The Labute approximate surface area is 123 Å². The van der Waals surface area contributed by atoms with Crippen molar-refractivity contribution in [2.45, 2.75) is 6.92 Å². The van der Waals surface area contributed by atoms with Gasteiger partial charge in [0.05, 0.1) is 0 Å². The van der Waals surface area contributed by atoms with E-state index in [2.05, 4.69) is 4.72 Å². The lowest BCUT2D eigenvalue weighted by Gasteiger charge is -2.09. The third kappa shape index (κ3) is 6.41. The van der Waals surface area contributed by atoms with E-state index < -0.39 is 30.9 Å². The van der Waals surface area contributed by atoms with Gasteiger partial charge in [-0.05, 0) is 36.3 Å². The van der Waals surface area contributed by atoms with Gasteiger partial charge in [-0.3, -0.25) is 4.72 Å². The molecule has 7 nitrogen and oxygen atoms in total. The van der Waals surface area contributed by atoms with Crippen LogP contribution in [0.2, 0.25) is 0 Å². The maximum atomic E-state index is 11.7. The molecule has 0 amide bonds. The van der Waals surface area contributed by atoms with Gasteiger partial charge in [0.1, 0.15) is 0 Å². The molecule has 1 rings (SSSR count). The van der Waals surface area contributed by atoms with Crippen molar-refractivity contribution in [2.75, 3.05) is 16.1 Å². The molecule has 0 bridgehead atoms. The Morgan fingerprint density at radius 3 is 2.43 bits per heavy atom. The van der Waals surface area contributed by atoms with Crippen molar-refractivity contribution < 1.29 is 26.7 Å². The summed E-state index contributed by atoms with van der Waals surface area (Å²) in [6, 6.07) is 4.49. The maximum Gasteiger partial charge on any atom is 0.328 e. The van der Waals surface area contributed by atoms with Gasteiger partial charge in [-0.25, -0.2) is 21.6 Å². The van der Waals surface area contributed by atoms with Crippen LogP contribution in [0.1, 0.15) is 11.1 Å². The highest BCUT2D eigenvalue weighted by Gasteiger charge is 2.18. The fourth-order valence-electron chi connectivity index (χ4n) is 1.54. The van der Waals surface area contributed by atoms with Crippen LogP contribution in [0.3, 0.4) is 0 Å². The molecule has 0 saturated carbocycles. The molecule has 0 aliphatic heterocycles. The maximum absolute atomic E-state index is 11.7. The molecule has 2 N–H and O–H groups in total. The number of sulfonamides is 1. The molecule has 0 fully saturated rings. The quantitative estimate of drug-likeness (QED) is 0.745. The van der Waals surface area contributed by atoms with E-state index in [-0.39, 0.29) is 5.69 Å². The summed E-state index contributed by atoms with van der Waals surface area (Å²) < 4.78 is 47.6. The summed E-state index contributed by atoms with van der Waals surface area (Å²) in [6.45, 7) is 1.73. The van der Waals surface area contributed by atoms with Gasteiger partial charge in [0.25, 0.3) is 0 Å². The lowest BCUT2D eigenvalue weighted by atomic mass is 10.1. The molecule has 0 heterocycles. The normalized spacial score (nSPS) is 12.5. The van der Waals surface area contributed by atoms with Gasteiger partial charge in [0.2, 0.25) is 10.0 Å². The molecule has 116 valence electrons. The molecular weight excluding hydrogens is 318 g/mol. The summed E-state index contributed by atoms with van der Waals surface area (Å²) in [5, 5.41) is 7.56. The van der Waals surface area contributed by atoms with Crippen molar-refractivity contribution in [3.63, 3.8) is 0 Å². The predicted molar refractivity (Wildman–Crippen MR) is 80.1 cm³/mol. The van der Waals surface area contributed by atoms with Crippen molar-refractivity contribution >= 4 is 37.6 Å². The Balaban J connectivity index is 3.06. The van der Waals surface area contributed by atoms with Gasteiger partial charge < -0.3 is 5.11 Å². The van der Waals surface area contributed by atoms with E-state index in [1.807, 2.05) is 0 Å². The number of carboxylic acid groups (broad SMARTS) is 1. The zero-order valence-corrected chi connectivity index (χ0v) is 13.0. The molecule has 0 aliphatic rings. The van der Waals surface area contributed by atoms with Crippen LogP contribution in [-0.4, -0.2) is 39.3 Å². The standard InChI is InChI=1S/C12H15NO6S2/c1-9-3-5-11(7-10(9)4-6-12(14)15)13-21(18,19)8-20(2,16)17/h3-7,13H,8H2,1-2H3,(H,14,15)/b6-4+. The topological polar surface area (TPSA) is 118 Å². The van der Waals surface area contributed by atoms with Crippen molar-refractivity contribution in [3.8, 4) is 0 Å². The van der Waals surface area contributed by atoms with Crippen LogP contribution in [0.5, 0.6) is 0 Å². The van der Waals surface area contributed by atoms with Gasteiger partial charge >= 0.3 is 5.97 Å². The van der Waals surface area contributed by atoms with E-state index in [1.165, 1.54) is 18.2 Å². The minimum Gasteiger partial charge on any atom is -0.478 e. The first-order chi connectivity index (χ1) is 9.48. The monoisotopic (exact) mass is 333 g/mol. The molecule has 1 aromatic carbocycles. The van der Waals surface area contributed by atoms with Gasteiger partial charge in [0.15, 0.2) is 14.9 Å². The number of hydrogen-bond acceptors (Lipinski definition) is 5. The van der Waals surface area contributed by atoms with E-state index in [1.54, 1.807) is 13.0 Å². The van der Waals surface area contributed by atoms with E-state index in [9.17, 15) is 21.6 Å². The van der Waals surface area contributed by atoms with E-state index in [0.717, 1.165) is 17.9 Å². The molecule has 0 aliphatic carbocycles. The first-order valence-corrected chi connectivity index (χ1v) is 9.40. The molecule has 0 saturated heterocycles. The summed E-state index contributed by atoms with van der Waals surface area (Å²) in [6.07, 6.45) is 3.07. The number of carboxylic acids is 1. The van der Waals surface area contributed by atoms with Crippen molar-refractivity contribution in [2.24, 2.45) is 0 Å². The third-order valence-electron chi connectivity index (χ3n) is 2.33. The highest BCUT2D eigenvalue weighted by atomic mass is 32.3. The number of hydrogen-bond donors (Lipinski definition) is 2. The van der Waals surface area contributed by atoms with Crippen molar-refractivity contribution in [1.82, 2.24) is 0 Å². The molecule has 0 aromatic heterocycles. The summed E-state index contributed by atoms with van der Waals surface area (Å²) in [4.78, 5) is 10.5. The van der Waals surface area contributed by atoms with Crippen LogP contribution in [0, 0.1) is 6.92 Å². The zero-order valence-electron chi connectivity index (χ0n) is 11.4. The molecule has 0 radical (unpaired) electrons. The van der Waals surface area contributed by atoms with E-state index >= 15 is 0 Å². The van der Waals surface area contributed by atoms with Crippen molar-refractivity contribution in [3.05, 3.63) is 35.4 Å². The highest BCUT2D eigenvalue weighted by Crippen LogP contribution is 2.18. The number of sulfone groups is 1. The molecule has 21 heavy (non-hydrogen) atoms. The van der Waals surface area contributed by atoms with E-state index in [0.29, 0.717) is 5.56 Å². The molecule has 9 heteroatoms. The number of nitrogens with one attached hydrogen (secondary N) is 1. The fraction of sp³-hybridized carbons (Fsp3) is 0.250. The largest absolute Gasteiger partial charge is 0.478 e. The number of rotatable bonds is 6. The molecule has 0 unspecified atom stereocenters. The second kappa shape index (κ2) is 6.27. The predicted octanol–water partition coefficient (Wildman–Crippen LogP) is 0.837. The second-order valence-corrected chi connectivity index (χ2v) is 8.73. The van der Waals surface area contributed by atoms with Crippen LogP contribution in [0.4, 0.5) is 5.69 Å². The average Bonchev–Trinajstić information content (AvgIpc) is 2.26. The Morgan fingerprint density at radius 2 is 1.90 bits per heavy atom. The minimum absolute atomic E-state index is 0.161. The number of aliphatic carboxylic acids is 1. The molecular formula is C12H15NO6S2. The Hall–Kier alpha value is -1.87. The summed E-state index contributed by atoms with van der Waals surface area (Å²) in [5.41, 5.74) is 1.42. The second-order valence-electron chi connectivity index (χ2n) is 4.50. The number of benzene rings is 1. The lowest BCUT2D eigenvalue weighted by Crippen LogP contribution is -2.22. The molecule has 0 spiro atoms. The summed E-state index contributed by atoms with van der Waals surface area (Å²) in [7, 11) is -7.72. The first kappa shape index (κ1) is 17.2. The van der Waals surface area contributed by atoms with Crippen LogP contribution in [-0.2, 0) is 24.7 Å². The van der Waals surface area contributed by atoms with E-state index in [4.69, 9.17) is 5.11 Å². The lowest BCUT2D eigenvalue weighted by molar-refractivity contribution is -0.131. The smallest absolute Gasteiger partial charge is 0.328 e. The SMILES string of the molecule is Cc1ccc(NS(=O)(=O)CS(C)(=O)=O)cc1/C=C/C(=O)O. The van der Waals surface area contributed by atoms with Gasteiger partial charge in [-0.2, -0.15) is 0 Å².